The Labute approximate surface area is 156 Å². The number of nitrogens with zero attached hydrogens (tertiary/aromatic N) is 4. The monoisotopic (exact) mass is 369 g/mol. The molecule has 1 N–H and O–H groups in total. The first-order valence-corrected chi connectivity index (χ1v) is 10.1. The Morgan fingerprint density at radius 2 is 2.00 bits per heavy atom. The Kier molecular flexibility index (Phi) is 4.80. The molecule has 0 saturated heterocycles. The summed E-state index contributed by atoms with van der Waals surface area (Å²) in [5.41, 5.74) is 1.66. The van der Waals surface area contributed by atoms with Gasteiger partial charge in [-0.2, -0.15) is 4.52 Å². The number of amides is 1. The van der Waals surface area contributed by atoms with Gasteiger partial charge in [-0.1, -0.05) is 43.2 Å². The molecule has 1 aliphatic carbocycles. The number of aryl methyl sites for hydroxylation is 1. The summed E-state index contributed by atoms with van der Waals surface area (Å²) in [4.78, 5) is 21.9. The third-order valence-corrected chi connectivity index (χ3v) is 5.90. The van der Waals surface area contributed by atoms with E-state index < -0.39 is 0 Å². The lowest BCUT2D eigenvalue weighted by molar-refractivity contribution is -0.121. The molecular weight excluding hydrogens is 346 g/mol. The zero-order chi connectivity index (χ0) is 18.1. The molecular formula is C19H23N5OS. The van der Waals surface area contributed by atoms with Crippen LogP contribution in [0.4, 0.5) is 0 Å². The zero-order valence-electron chi connectivity index (χ0n) is 15.1. The van der Waals surface area contributed by atoms with Gasteiger partial charge >= 0.3 is 0 Å². The van der Waals surface area contributed by atoms with E-state index in [2.05, 4.69) is 15.4 Å². The summed E-state index contributed by atoms with van der Waals surface area (Å²) in [6, 6.07) is 8.22. The van der Waals surface area contributed by atoms with Crippen molar-refractivity contribution in [1.29, 1.82) is 0 Å². The molecule has 2 aromatic heterocycles. The molecule has 3 aromatic rings. The van der Waals surface area contributed by atoms with Crippen LogP contribution in [-0.2, 0) is 4.79 Å². The predicted molar refractivity (Wildman–Crippen MR) is 103 cm³/mol. The number of carbonyl (C=O) groups is 1. The summed E-state index contributed by atoms with van der Waals surface area (Å²) in [5.74, 6) is 0.770. The molecule has 1 aliphatic rings. The molecule has 4 rings (SSSR count). The number of rotatable bonds is 4. The molecule has 136 valence electrons. The first-order chi connectivity index (χ1) is 12.6. The van der Waals surface area contributed by atoms with E-state index in [-0.39, 0.29) is 11.2 Å². The highest BCUT2D eigenvalue weighted by molar-refractivity contribution is 8.00. The van der Waals surface area contributed by atoms with Crippen molar-refractivity contribution in [2.45, 2.75) is 62.4 Å². The van der Waals surface area contributed by atoms with Crippen molar-refractivity contribution < 1.29 is 4.79 Å². The van der Waals surface area contributed by atoms with Crippen molar-refractivity contribution in [3.05, 3.63) is 30.1 Å². The number of para-hydroxylation sites is 1. The van der Waals surface area contributed by atoms with E-state index in [1.54, 1.807) is 4.52 Å². The van der Waals surface area contributed by atoms with Gasteiger partial charge in [-0.3, -0.25) is 4.79 Å². The maximum absolute atomic E-state index is 12.6. The summed E-state index contributed by atoms with van der Waals surface area (Å²) < 4.78 is 1.76. The lowest BCUT2D eigenvalue weighted by atomic mass is 9.95. The van der Waals surface area contributed by atoms with E-state index in [0.717, 1.165) is 29.4 Å². The molecule has 1 amide bonds. The van der Waals surface area contributed by atoms with Crippen LogP contribution in [-0.4, -0.2) is 36.8 Å². The van der Waals surface area contributed by atoms with E-state index in [9.17, 15) is 4.79 Å². The summed E-state index contributed by atoms with van der Waals surface area (Å²) in [6.45, 7) is 3.80. The molecule has 1 aromatic carbocycles. The molecule has 6 nitrogen and oxygen atoms in total. The van der Waals surface area contributed by atoms with E-state index >= 15 is 0 Å². The third kappa shape index (κ3) is 3.40. The molecule has 0 aliphatic heterocycles. The van der Waals surface area contributed by atoms with Crippen LogP contribution in [0.5, 0.6) is 0 Å². The molecule has 1 fully saturated rings. The maximum Gasteiger partial charge on any atom is 0.233 e. The molecule has 26 heavy (non-hydrogen) atoms. The number of nitrogens with one attached hydrogen (secondary N) is 1. The maximum atomic E-state index is 12.6. The number of hydrogen-bond acceptors (Lipinski definition) is 5. The molecule has 2 heterocycles. The number of fused-ring (bicyclic) bond motifs is 3. The fourth-order valence-electron chi connectivity index (χ4n) is 3.49. The SMILES string of the molecule is Cc1nc2c3ccccc3nc(SC(C)C(=O)NC3CCCCC3)n2n1. The lowest BCUT2D eigenvalue weighted by Gasteiger charge is -2.24. The van der Waals surface area contributed by atoms with Gasteiger partial charge in [0.2, 0.25) is 5.91 Å². The Morgan fingerprint density at radius 3 is 2.81 bits per heavy atom. The molecule has 1 saturated carbocycles. The minimum Gasteiger partial charge on any atom is -0.352 e. The van der Waals surface area contributed by atoms with Crippen molar-refractivity contribution in [2.75, 3.05) is 0 Å². The Balaban J connectivity index is 1.60. The zero-order valence-corrected chi connectivity index (χ0v) is 15.9. The van der Waals surface area contributed by atoms with Gasteiger partial charge in [0.1, 0.15) is 5.82 Å². The van der Waals surface area contributed by atoms with Crippen LogP contribution in [0.25, 0.3) is 16.6 Å². The van der Waals surface area contributed by atoms with Crippen LogP contribution in [0.2, 0.25) is 0 Å². The summed E-state index contributed by atoms with van der Waals surface area (Å²) in [7, 11) is 0. The van der Waals surface area contributed by atoms with E-state index in [1.807, 2.05) is 38.1 Å². The van der Waals surface area contributed by atoms with Gasteiger partial charge in [0.05, 0.1) is 10.8 Å². The van der Waals surface area contributed by atoms with E-state index in [4.69, 9.17) is 4.98 Å². The average molecular weight is 369 g/mol. The fourth-order valence-corrected chi connectivity index (χ4v) is 4.36. The van der Waals surface area contributed by atoms with Crippen molar-refractivity contribution in [3.63, 3.8) is 0 Å². The normalized spacial score (nSPS) is 16.8. The largest absolute Gasteiger partial charge is 0.352 e. The van der Waals surface area contributed by atoms with Crippen molar-refractivity contribution in [2.24, 2.45) is 0 Å². The molecule has 7 heteroatoms. The second kappa shape index (κ2) is 7.23. The highest BCUT2D eigenvalue weighted by Gasteiger charge is 2.22. The number of benzene rings is 1. The first kappa shape index (κ1) is 17.3. The molecule has 0 radical (unpaired) electrons. The second-order valence-electron chi connectivity index (χ2n) is 6.91. The number of thioether (sulfide) groups is 1. The number of hydrogen-bond donors (Lipinski definition) is 1. The van der Waals surface area contributed by atoms with Crippen molar-refractivity contribution in [3.8, 4) is 0 Å². The van der Waals surface area contributed by atoms with Crippen LogP contribution in [0, 0.1) is 6.92 Å². The summed E-state index contributed by atoms with van der Waals surface area (Å²) in [5, 5.41) is 9.11. The van der Waals surface area contributed by atoms with Crippen LogP contribution >= 0.6 is 11.8 Å². The summed E-state index contributed by atoms with van der Waals surface area (Å²) in [6.07, 6.45) is 5.87. The van der Waals surface area contributed by atoms with Crippen molar-refractivity contribution >= 4 is 34.2 Å². The Hall–Kier alpha value is -2.15. The van der Waals surface area contributed by atoms with Crippen LogP contribution in [0.3, 0.4) is 0 Å². The molecule has 0 spiro atoms. The van der Waals surface area contributed by atoms with Gasteiger partial charge in [-0.25, -0.2) is 9.97 Å². The van der Waals surface area contributed by atoms with Gasteiger partial charge in [-0.05, 0) is 38.8 Å². The van der Waals surface area contributed by atoms with E-state index in [0.29, 0.717) is 17.0 Å². The highest BCUT2D eigenvalue weighted by Crippen LogP contribution is 2.27. The summed E-state index contributed by atoms with van der Waals surface area (Å²) >= 11 is 1.44. The average Bonchev–Trinajstić information content (AvgIpc) is 3.04. The van der Waals surface area contributed by atoms with Gasteiger partial charge in [-0.15, -0.1) is 5.10 Å². The molecule has 1 unspecified atom stereocenters. The van der Waals surface area contributed by atoms with Crippen LogP contribution < -0.4 is 5.32 Å². The minimum absolute atomic E-state index is 0.0712. The quantitative estimate of drug-likeness (QED) is 0.563. The standard InChI is InChI=1S/C19H23N5OS/c1-12(18(25)21-14-8-4-3-5-9-14)26-19-22-16-11-7-6-10-15(16)17-20-13(2)23-24(17)19/h6-7,10-12,14H,3-5,8-9H2,1-2H3,(H,21,25). The topological polar surface area (TPSA) is 72.2 Å². The number of aromatic nitrogens is 4. The Bertz CT molecular complexity index is 948. The predicted octanol–water partition coefficient (Wildman–Crippen LogP) is 3.52. The lowest BCUT2D eigenvalue weighted by Crippen LogP contribution is -2.40. The van der Waals surface area contributed by atoms with E-state index in [1.165, 1.54) is 31.0 Å². The highest BCUT2D eigenvalue weighted by atomic mass is 32.2. The fraction of sp³-hybridized carbons (Fsp3) is 0.474. The molecule has 1 atom stereocenters. The molecule has 0 bridgehead atoms. The first-order valence-electron chi connectivity index (χ1n) is 9.21. The minimum atomic E-state index is -0.238. The third-order valence-electron chi connectivity index (χ3n) is 4.86. The van der Waals surface area contributed by atoms with Gasteiger partial charge in [0.25, 0.3) is 0 Å². The van der Waals surface area contributed by atoms with Crippen molar-refractivity contribution in [1.82, 2.24) is 24.9 Å². The second-order valence-corrected chi connectivity index (χ2v) is 8.22. The van der Waals surface area contributed by atoms with Gasteiger partial charge in [0.15, 0.2) is 10.8 Å². The smallest absolute Gasteiger partial charge is 0.233 e. The Morgan fingerprint density at radius 1 is 1.23 bits per heavy atom. The van der Waals surface area contributed by atoms with Crippen LogP contribution in [0.15, 0.2) is 29.4 Å². The van der Waals surface area contributed by atoms with Crippen LogP contribution in [0.1, 0.15) is 44.9 Å². The van der Waals surface area contributed by atoms with Gasteiger partial charge in [0, 0.05) is 11.4 Å². The number of carbonyl (C=O) groups excluding carboxylic acids is 1. The van der Waals surface area contributed by atoms with Gasteiger partial charge < -0.3 is 5.32 Å².